The van der Waals surface area contributed by atoms with Crippen LogP contribution in [0.4, 0.5) is 0 Å². The van der Waals surface area contributed by atoms with Crippen LogP contribution in [0.5, 0.6) is 0 Å². The zero-order valence-corrected chi connectivity index (χ0v) is 11.2. The number of aliphatic hydroxyl groups excluding tert-OH is 1. The first-order valence-corrected chi connectivity index (χ1v) is 6.91. The Kier molecular flexibility index (Phi) is 4.95. The van der Waals surface area contributed by atoms with Crippen molar-refractivity contribution in [2.45, 2.75) is 44.8 Å². The van der Waals surface area contributed by atoms with Crippen LogP contribution in [-0.4, -0.2) is 17.8 Å². The van der Waals surface area contributed by atoms with Gasteiger partial charge in [0.2, 0.25) is 0 Å². The van der Waals surface area contributed by atoms with E-state index in [0.29, 0.717) is 13.0 Å². The number of hydrogen-bond acceptors (Lipinski definition) is 3. The SMILES string of the molecule is N#CCC1(CO)CCC(OCc2ccccc2)CC1. The Labute approximate surface area is 114 Å². The molecule has 1 saturated carbocycles. The minimum Gasteiger partial charge on any atom is -0.396 e. The van der Waals surface area contributed by atoms with Gasteiger partial charge < -0.3 is 9.84 Å². The van der Waals surface area contributed by atoms with Crippen LogP contribution in [-0.2, 0) is 11.3 Å². The number of ether oxygens (including phenoxy) is 1. The zero-order chi connectivity index (χ0) is 13.6. The average molecular weight is 259 g/mol. The molecule has 0 bridgehead atoms. The molecule has 0 amide bonds. The lowest BCUT2D eigenvalue weighted by atomic mass is 9.72. The van der Waals surface area contributed by atoms with Gasteiger partial charge in [0.1, 0.15) is 0 Å². The van der Waals surface area contributed by atoms with Gasteiger partial charge >= 0.3 is 0 Å². The summed E-state index contributed by atoms with van der Waals surface area (Å²) >= 11 is 0. The van der Waals surface area contributed by atoms with Crippen molar-refractivity contribution in [1.29, 1.82) is 5.26 Å². The summed E-state index contributed by atoms with van der Waals surface area (Å²) < 4.78 is 5.92. The molecule has 102 valence electrons. The monoisotopic (exact) mass is 259 g/mol. The Bertz CT molecular complexity index is 416. The maximum atomic E-state index is 9.47. The standard InChI is InChI=1S/C16H21NO2/c17-11-10-16(13-18)8-6-15(7-9-16)19-12-14-4-2-1-3-5-14/h1-5,15,18H,6-10,12-13H2. The summed E-state index contributed by atoms with van der Waals surface area (Å²) in [6.07, 6.45) is 4.37. The van der Waals surface area contributed by atoms with Crippen LogP contribution >= 0.6 is 0 Å². The van der Waals surface area contributed by atoms with Crippen molar-refractivity contribution in [3.05, 3.63) is 35.9 Å². The Hall–Kier alpha value is -1.37. The molecule has 2 rings (SSSR count). The van der Waals surface area contributed by atoms with Gasteiger partial charge in [-0.1, -0.05) is 30.3 Å². The number of nitrogens with zero attached hydrogens (tertiary/aromatic N) is 1. The first kappa shape index (κ1) is 14.0. The molecular weight excluding hydrogens is 238 g/mol. The fourth-order valence-electron chi connectivity index (χ4n) is 2.72. The average Bonchev–Trinajstić information content (AvgIpc) is 2.48. The van der Waals surface area contributed by atoms with E-state index in [0.717, 1.165) is 25.7 Å². The van der Waals surface area contributed by atoms with Crippen molar-refractivity contribution in [2.24, 2.45) is 5.41 Å². The second-order valence-electron chi connectivity index (χ2n) is 5.49. The third kappa shape index (κ3) is 3.79. The first-order chi connectivity index (χ1) is 9.28. The highest BCUT2D eigenvalue weighted by Crippen LogP contribution is 2.39. The highest BCUT2D eigenvalue weighted by atomic mass is 16.5. The van der Waals surface area contributed by atoms with Gasteiger partial charge in [0.15, 0.2) is 0 Å². The second-order valence-corrected chi connectivity index (χ2v) is 5.49. The molecule has 0 saturated heterocycles. The van der Waals surface area contributed by atoms with E-state index in [1.807, 2.05) is 18.2 Å². The van der Waals surface area contributed by atoms with Gasteiger partial charge in [-0.05, 0) is 31.2 Å². The molecule has 1 aromatic carbocycles. The molecule has 0 spiro atoms. The van der Waals surface area contributed by atoms with Gasteiger partial charge in [-0.15, -0.1) is 0 Å². The summed E-state index contributed by atoms with van der Waals surface area (Å²) in [5.74, 6) is 0. The smallest absolute Gasteiger partial charge is 0.0720 e. The third-order valence-electron chi connectivity index (χ3n) is 4.11. The van der Waals surface area contributed by atoms with E-state index in [9.17, 15) is 5.11 Å². The minimum atomic E-state index is -0.179. The second kappa shape index (κ2) is 6.70. The van der Waals surface area contributed by atoms with Crippen molar-refractivity contribution < 1.29 is 9.84 Å². The third-order valence-corrected chi connectivity index (χ3v) is 4.11. The van der Waals surface area contributed by atoms with E-state index in [-0.39, 0.29) is 18.1 Å². The van der Waals surface area contributed by atoms with Crippen LogP contribution in [0.15, 0.2) is 30.3 Å². The van der Waals surface area contributed by atoms with Crippen LogP contribution in [0.2, 0.25) is 0 Å². The van der Waals surface area contributed by atoms with Gasteiger partial charge in [-0.3, -0.25) is 0 Å². The van der Waals surface area contributed by atoms with Gasteiger partial charge in [0.25, 0.3) is 0 Å². The number of rotatable bonds is 5. The molecule has 0 atom stereocenters. The lowest BCUT2D eigenvalue weighted by Gasteiger charge is -2.37. The van der Waals surface area contributed by atoms with Crippen molar-refractivity contribution in [2.75, 3.05) is 6.61 Å². The molecule has 0 aliphatic heterocycles. The molecule has 1 N–H and O–H groups in total. The van der Waals surface area contributed by atoms with Crippen LogP contribution in [0.3, 0.4) is 0 Å². The summed E-state index contributed by atoms with van der Waals surface area (Å²) in [7, 11) is 0. The summed E-state index contributed by atoms with van der Waals surface area (Å²) in [6.45, 7) is 0.766. The number of nitriles is 1. The van der Waals surface area contributed by atoms with E-state index in [1.54, 1.807) is 0 Å². The van der Waals surface area contributed by atoms with E-state index in [2.05, 4.69) is 18.2 Å². The van der Waals surface area contributed by atoms with Crippen molar-refractivity contribution >= 4 is 0 Å². The predicted molar refractivity (Wildman–Crippen MR) is 73.2 cm³/mol. The summed E-state index contributed by atoms with van der Waals surface area (Å²) in [5, 5.41) is 18.3. The largest absolute Gasteiger partial charge is 0.396 e. The van der Waals surface area contributed by atoms with Gasteiger partial charge in [0, 0.05) is 18.4 Å². The molecule has 3 nitrogen and oxygen atoms in total. The van der Waals surface area contributed by atoms with Crippen molar-refractivity contribution in [1.82, 2.24) is 0 Å². The molecule has 1 fully saturated rings. The van der Waals surface area contributed by atoms with E-state index < -0.39 is 0 Å². The van der Waals surface area contributed by atoms with E-state index in [4.69, 9.17) is 10.00 Å². The van der Waals surface area contributed by atoms with Crippen LogP contribution in [0, 0.1) is 16.7 Å². The molecular formula is C16H21NO2. The van der Waals surface area contributed by atoms with Crippen LogP contribution in [0.25, 0.3) is 0 Å². The lowest BCUT2D eigenvalue weighted by molar-refractivity contribution is -0.0263. The van der Waals surface area contributed by atoms with Gasteiger partial charge in [-0.2, -0.15) is 5.26 Å². The van der Waals surface area contributed by atoms with Crippen LogP contribution in [0.1, 0.15) is 37.7 Å². The Morgan fingerprint density at radius 2 is 1.95 bits per heavy atom. The van der Waals surface area contributed by atoms with E-state index in [1.165, 1.54) is 5.56 Å². The normalized spacial score (nSPS) is 26.8. The van der Waals surface area contributed by atoms with E-state index >= 15 is 0 Å². The topological polar surface area (TPSA) is 53.2 Å². The fraction of sp³-hybridized carbons (Fsp3) is 0.562. The molecule has 1 aliphatic rings. The summed E-state index contributed by atoms with van der Waals surface area (Å²) in [5.41, 5.74) is 1.01. The van der Waals surface area contributed by atoms with Crippen molar-refractivity contribution in [3.8, 4) is 6.07 Å². The Morgan fingerprint density at radius 1 is 1.26 bits per heavy atom. The van der Waals surface area contributed by atoms with Gasteiger partial charge in [0.05, 0.1) is 18.8 Å². The predicted octanol–water partition coefficient (Wildman–Crippen LogP) is 3.04. The molecule has 0 unspecified atom stereocenters. The maximum absolute atomic E-state index is 9.47. The highest BCUT2D eigenvalue weighted by Gasteiger charge is 2.34. The molecule has 1 aromatic rings. The van der Waals surface area contributed by atoms with Gasteiger partial charge in [-0.25, -0.2) is 0 Å². The number of hydrogen-bond donors (Lipinski definition) is 1. The molecule has 0 aromatic heterocycles. The fourth-order valence-corrected chi connectivity index (χ4v) is 2.72. The lowest BCUT2D eigenvalue weighted by Crippen LogP contribution is -2.33. The van der Waals surface area contributed by atoms with Crippen molar-refractivity contribution in [3.63, 3.8) is 0 Å². The number of benzene rings is 1. The Balaban J connectivity index is 1.79. The molecule has 3 heteroatoms. The molecule has 19 heavy (non-hydrogen) atoms. The zero-order valence-electron chi connectivity index (χ0n) is 11.2. The molecule has 0 heterocycles. The molecule has 1 aliphatic carbocycles. The molecule has 0 radical (unpaired) electrons. The highest BCUT2D eigenvalue weighted by molar-refractivity contribution is 5.13. The summed E-state index contributed by atoms with van der Waals surface area (Å²) in [6, 6.07) is 12.4. The first-order valence-electron chi connectivity index (χ1n) is 6.91. The number of aliphatic hydroxyl groups is 1. The summed E-state index contributed by atoms with van der Waals surface area (Å²) in [4.78, 5) is 0. The Morgan fingerprint density at radius 3 is 2.53 bits per heavy atom. The minimum absolute atomic E-state index is 0.117. The maximum Gasteiger partial charge on any atom is 0.0720 e. The quantitative estimate of drug-likeness (QED) is 0.884. The van der Waals surface area contributed by atoms with Crippen LogP contribution < -0.4 is 0 Å².